The Morgan fingerprint density at radius 3 is 2.18 bits per heavy atom. The lowest BCUT2D eigenvalue weighted by Gasteiger charge is -2.26. The predicted molar refractivity (Wildman–Crippen MR) is 41.7 cm³/mol. The Kier molecular flexibility index (Phi) is 3.48. The molecule has 0 aliphatic heterocycles. The van der Waals surface area contributed by atoms with Gasteiger partial charge < -0.3 is 0 Å². The third-order valence-electron chi connectivity index (χ3n) is 0.980. The van der Waals surface area contributed by atoms with Crippen LogP contribution in [0.2, 0.25) is 0 Å². The van der Waals surface area contributed by atoms with E-state index in [9.17, 15) is 9.59 Å². The van der Waals surface area contributed by atoms with Gasteiger partial charge in [-0.2, -0.15) is 0 Å². The van der Waals surface area contributed by atoms with Gasteiger partial charge in [0.1, 0.15) is 0 Å². The molecule has 64 valence electrons. The van der Waals surface area contributed by atoms with Crippen molar-refractivity contribution in [3.63, 3.8) is 0 Å². The highest BCUT2D eigenvalue weighted by Crippen LogP contribution is 1.93. The first-order chi connectivity index (χ1) is 4.83. The van der Waals surface area contributed by atoms with Gasteiger partial charge in [0.25, 0.3) is 11.1 Å². The molecule has 0 saturated carbocycles. The van der Waals surface area contributed by atoms with Crippen LogP contribution >= 0.6 is 11.6 Å². The molecule has 0 bridgehead atoms. The van der Waals surface area contributed by atoms with Crippen molar-refractivity contribution in [2.75, 3.05) is 20.6 Å². The summed E-state index contributed by atoms with van der Waals surface area (Å²) in [5, 5.41) is -0.469. The number of nitrogens with zero attached hydrogens (tertiary/aromatic N) is 1. The summed E-state index contributed by atoms with van der Waals surface area (Å²) in [5.74, 6) is -0.187. The molecule has 0 rings (SSSR count). The molecule has 0 unspecified atom stereocenters. The zero-order valence-electron chi connectivity index (χ0n) is 6.85. The van der Waals surface area contributed by atoms with Gasteiger partial charge in [0.2, 0.25) is 0 Å². The smallest absolute Gasteiger partial charge is 0.275 e. The standard InChI is InChI=1S/C6H11ClN2O2/c1-5(10)8-9(2,3)4-6(7)11/h4H2,1-3H3/p+1. The second kappa shape index (κ2) is 3.69. The molecule has 0 aromatic carbocycles. The predicted octanol–water partition coefficient (Wildman–Crippen LogP) is -0.121. The van der Waals surface area contributed by atoms with Crippen LogP contribution in [-0.4, -0.2) is 36.4 Å². The number of hydrogen-bond donors (Lipinski definition) is 1. The maximum atomic E-state index is 10.6. The van der Waals surface area contributed by atoms with Gasteiger partial charge in [-0.15, -0.1) is 0 Å². The van der Waals surface area contributed by atoms with Crippen LogP contribution in [0.1, 0.15) is 6.92 Å². The van der Waals surface area contributed by atoms with E-state index in [1.165, 1.54) is 6.92 Å². The Bertz CT molecular complexity index is 161. The Balaban J connectivity index is 3.99. The second-order valence-corrected chi connectivity index (χ2v) is 3.29. The van der Waals surface area contributed by atoms with Crippen LogP contribution in [0.4, 0.5) is 0 Å². The van der Waals surface area contributed by atoms with Crippen LogP contribution in [0.15, 0.2) is 0 Å². The first-order valence-corrected chi connectivity index (χ1v) is 3.51. The Morgan fingerprint density at radius 1 is 1.45 bits per heavy atom. The number of quaternary nitrogens is 1. The monoisotopic (exact) mass is 179 g/mol. The summed E-state index contributed by atoms with van der Waals surface area (Å²) in [6.07, 6.45) is 0. The van der Waals surface area contributed by atoms with Gasteiger partial charge in [0.05, 0.1) is 14.1 Å². The van der Waals surface area contributed by atoms with Gasteiger partial charge in [-0.1, -0.05) is 0 Å². The lowest BCUT2D eigenvalue weighted by atomic mass is 10.6. The normalized spacial score (nSPS) is 10.9. The van der Waals surface area contributed by atoms with Crippen molar-refractivity contribution < 1.29 is 14.2 Å². The molecule has 4 nitrogen and oxygen atoms in total. The zero-order valence-corrected chi connectivity index (χ0v) is 7.60. The third-order valence-corrected chi connectivity index (χ3v) is 1.10. The van der Waals surface area contributed by atoms with E-state index in [2.05, 4.69) is 5.43 Å². The van der Waals surface area contributed by atoms with E-state index in [0.717, 1.165) is 0 Å². The molecule has 5 heteroatoms. The van der Waals surface area contributed by atoms with E-state index in [4.69, 9.17) is 11.6 Å². The molecule has 0 spiro atoms. The summed E-state index contributed by atoms with van der Waals surface area (Å²) in [7, 11) is 3.36. The largest absolute Gasteiger partial charge is 0.278 e. The number of amides is 1. The number of rotatable bonds is 3. The van der Waals surface area contributed by atoms with Gasteiger partial charge in [-0.3, -0.25) is 9.59 Å². The number of halogens is 1. The van der Waals surface area contributed by atoms with E-state index in [-0.39, 0.29) is 17.0 Å². The molecule has 1 amide bonds. The maximum absolute atomic E-state index is 10.6. The van der Waals surface area contributed by atoms with Crippen LogP contribution < -0.4 is 5.43 Å². The summed E-state index contributed by atoms with van der Waals surface area (Å²) in [6.45, 7) is 1.47. The Morgan fingerprint density at radius 2 is 1.91 bits per heavy atom. The molecular weight excluding hydrogens is 168 g/mol. The van der Waals surface area contributed by atoms with Gasteiger partial charge in [-0.25, -0.2) is 10.0 Å². The first-order valence-electron chi connectivity index (χ1n) is 3.14. The minimum Gasteiger partial charge on any atom is -0.275 e. The zero-order chi connectivity index (χ0) is 9.07. The Hall–Kier alpha value is -0.610. The highest BCUT2D eigenvalue weighted by atomic mass is 35.5. The van der Waals surface area contributed by atoms with E-state index in [0.29, 0.717) is 0 Å². The Labute approximate surface area is 70.7 Å². The molecule has 0 heterocycles. The third kappa shape index (κ3) is 5.82. The minimum atomic E-state index is -0.469. The van der Waals surface area contributed by atoms with Crippen molar-refractivity contribution in [3.8, 4) is 0 Å². The van der Waals surface area contributed by atoms with Gasteiger partial charge in [0, 0.05) is 6.92 Å². The number of carbonyl (C=O) groups is 2. The van der Waals surface area contributed by atoms with Crippen LogP contribution in [0.25, 0.3) is 0 Å². The molecule has 0 atom stereocenters. The lowest BCUT2D eigenvalue weighted by Crippen LogP contribution is -2.55. The van der Waals surface area contributed by atoms with Crippen molar-refractivity contribution in [1.29, 1.82) is 0 Å². The van der Waals surface area contributed by atoms with Crippen molar-refractivity contribution >= 4 is 22.8 Å². The number of nitrogens with one attached hydrogen (secondary N) is 1. The van der Waals surface area contributed by atoms with Gasteiger partial charge in [0.15, 0.2) is 6.54 Å². The van der Waals surface area contributed by atoms with E-state index in [1.807, 2.05) is 0 Å². The van der Waals surface area contributed by atoms with Crippen molar-refractivity contribution in [1.82, 2.24) is 5.43 Å². The van der Waals surface area contributed by atoms with Crippen molar-refractivity contribution in [3.05, 3.63) is 0 Å². The minimum absolute atomic E-state index is 0.0810. The summed E-state index contributed by atoms with van der Waals surface area (Å²) in [4.78, 5) is 21.0. The fourth-order valence-electron chi connectivity index (χ4n) is 0.777. The summed E-state index contributed by atoms with van der Waals surface area (Å²) in [5.41, 5.74) is 2.54. The molecule has 0 fully saturated rings. The highest BCUT2D eigenvalue weighted by Gasteiger charge is 2.19. The van der Waals surface area contributed by atoms with Crippen molar-refractivity contribution in [2.24, 2.45) is 0 Å². The molecule has 0 radical (unpaired) electrons. The fraction of sp³-hybridized carbons (Fsp3) is 0.667. The number of carbonyl (C=O) groups excluding carboxylic acids is 2. The van der Waals surface area contributed by atoms with Crippen molar-refractivity contribution in [2.45, 2.75) is 6.92 Å². The molecule has 11 heavy (non-hydrogen) atoms. The lowest BCUT2D eigenvalue weighted by molar-refractivity contribution is -0.917. The molecule has 0 aliphatic carbocycles. The topological polar surface area (TPSA) is 46.2 Å². The highest BCUT2D eigenvalue weighted by molar-refractivity contribution is 6.63. The number of likely N-dealkylation sites (N-methyl/N-ethyl adjacent to an activating group) is 1. The average Bonchev–Trinajstić information content (AvgIpc) is 1.53. The molecule has 0 aromatic heterocycles. The van der Waals surface area contributed by atoms with Gasteiger partial charge in [-0.05, 0) is 11.6 Å². The van der Waals surface area contributed by atoms with Crippen LogP contribution in [0.3, 0.4) is 0 Å². The molecule has 0 aliphatic rings. The van der Waals surface area contributed by atoms with E-state index >= 15 is 0 Å². The molecular formula is C6H12ClN2O2+. The van der Waals surface area contributed by atoms with Gasteiger partial charge >= 0.3 is 0 Å². The summed E-state index contributed by atoms with van der Waals surface area (Å²) in [6, 6.07) is 0. The van der Waals surface area contributed by atoms with E-state index in [1.54, 1.807) is 14.1 Å². The SMILES string of the molecule is CC(=O)N[N+](C)(C)CC(=O)Cl. The first kappa shape index (κ1) is 10.4. The number of hydrogen-bond acceptors (Lipinski definition) is 2. The molecule has 1 N–H and O–H groups in total. The average molecular weight is 180 g/mol. The quantitative estimate of drug-likeness (QED) is 0.373. The van der Waals surface area contributed by atoms with Crippen LogP contribution in [-0.2, 0) is 9.59 Å². The molecule has 0 aromatic rings. The fourth-order valence-corrected chi connectivity index (χ4v) is 1.08. The maximum Gasteiger partial charge on any atom is 0.278 e. The van der Waals surface area contributed by atoms with Crippen LogP contribution in [0, 0.1) is 0 Å². The molecule has 0 saturated heterocycles. The van der Waals surface area contributed by atoms with E-state index < -0.39 is 5.24 Å². The summed E-state index contributed by atoms with van der Waals surface area (Å²) >= 11 is 5.14. The second-order valence-electron chi connectivity index (χ2n) is 2.87. The van der Waals surface area contributed by atoms with Crippen LogP contribution in [0.5, 0.6) is 0 Å². The summed E-state index contributed by atoms with van der Waals surface area (Å²) < 4.78 is 0.0810.